The smallest absolute Gasteiger partial charge is 0.349 e. The van der Waals surface area contributed by atoms with Crippen LogP contribution in [0.1, 0.15) is 23.2 Å². The molecule has 0 atom stereocenters. The number of nitrogens with one attached hydrogen (secondary N) is 2. The maximum Gasteiger partial charge on any atom is 0.405 e. The molecule has 1 aliphatic heterocycles. The zero-order valence-corrected chi connectivity index (χ0v) is 12.4. The molecule has 2 N–H and O–H groups in total. The lowest BCUT2D eigenvalue weighted by Gasteiger charge is -2.32. The molecular formula is C15H18F3N3O2. The molecular weight excluding hydrogens is 311 g/mol. The summed E-state index contributed by atoms with van der Waals surface area (Å²) in [7, 11) is 0. The van der Waals surface area contributed by atoms with Crippen molar-refractivity contribution in [3.05, 3.63) is 35.9 Å². The predicted molar refractivity (Wildman–Crippen MR) is 78.0 cm³/mol. The second-order valence-electron chi connectivity index (χ2n) is 5.37. The van der Waals surface area contributed by atoms with Crippen molar-refractivity contribution < 1.29 is 22.8 Å². The molecule has 0 bridgehead atoms. The van der Waals surface area contributed by atoms with Crippen LogP contribution in [0.15, 0.2) is 30.3 Å². The molecule has 0 saturated carbocycles. The summed E-state index contributed by atoms with van der Waals surface area (Å²) < 4.78 is 36.2. The molecule has 2 rings (SSSR count). The highest BCUT2D eigenvalue weighted by Crippen LogP contribution is 2.14. The lowest BCUT2D eigenvalue weighted by molar-refractivity contribution is -0.123. The monoisotopic (exact) mass is 329 g/mol. The van der Waals surface area contributed by atoms with E-state index in [0.29, 0.717) is 31.5 Å². The molecule has 0 unspecified atom stereocenters. The van der Waals surface area contributed by atoms with Gasteiger partial charge in [0.2, 0.25) is 0 Å². The highest BCUT2D eigenvalue weighted by Gasteiger charge is 2.30. The summed E-state index contributed by atoms with van der Waals surface area (Å²) >= 11 is 0. The van der Waals surface area contributed by atoms with Crippen LogP contribution in [0.4, 0.5) is 18.0 Å². The number of hydrogen-bond acceptors (Lipinski definition) is 2. The number of urea groups is 1. The van der Waals surface area contributed by atoms with Gasteiger partial charge in [0.25, 0.3) is 5.91 Å². The molecule has 126 valence electrons. The maximum atomic E-state index is 12.1. The predicted octanol–water partition coefficient (Wildman–Crippen LogP) is 2.15. The van der Waals surface area contributed by atoms with Crippen molar-refractivity contribution in [3.63, 3.8) is 0 Å². The molecule has 0 aliphatic carbocycles. The van der Waals surface area contributed by atoms with Crippen molar-refractivity contribution in [1.29, 1.82) is 0 Å². The lowest BCUT2D eigenvalue weighted by Crippen LogP contribution is -2.50. The van der Waals surface area contributed by atoms with E-state index < -0.39 is 18.8 Å². The minimum absolute atomic E-state index is 0.0885. The topological polar surface area (TPSA) is 61.4 Å². The Morgan fingerprint density at radius 3 is 2.30 bits per heavy atom. The lowest BCUT2D eigenvalue weighted by atomic mass is 10.0. The van der Waals surface area contributed by atoms with Gasteiger partial charge < -0.3 is 15.5 Å². The minimum atomic E-state index is -4.42. The fourth-order valence-corrected chi connectivity index (χ4v) is 2.37. The van der Waals surface area contributed by atoms with Gasteiger partial charge >= 0.3 is 12.2 Å². The number of alkyl halides is 3. The van der Waals surface area contributed by atoms with Crippen LogP contribution < -0.4 is 10.6 Å². The van der Waals surface area contributed by atoms with Crippen molar-refractivity contribution in [2.45, 2.75) is 25.1 Å². The number of nitrogens with zero attached hydrogens (tertiary/aromatic N) is 1. The zero-order chi connectivity index (χ0) is 16.9. The van der Waals surface area contributed by atoms with E-state index in [1.54, 1.807) is 24.3 Å². The van der Waals surface area contributed by atoms with Gasteiger partial charge in [0.1, 0.15) is 6.54 Å². The van der Waals surface area contributed by atoms with E-state index in [2.05, 4.69) is 5.32 Å². The third kappa shape index (κ3) is 5.46. The summed E-state index contributed by atoms with van der Waals surface area (Å²) in [5.74, 6) is -0.189. The van der Waals surface area contributed by atoms with Crippen molar-refractivity contribution in [1.82, 2.24) is 15.5 Å². The number of carbonyl (C=O) groups is 2. The SMILES string of the molecule is O=C(NC1CCN(C(=O)NCC(F)(F)F)CC1)c1ccccc1. The number of rotatable bonds is 3. The molecule has 1 aromatic rings. The second-order valence-corrected chi connectivity index (χ2v) is 5.37. The standard InChI is InChI=1S/C15H18F3N3O2/c16-15(17,18)10-19-14(23)21-8-6-12(7-9-21)20-13(22)11-4-2-1-3-5-11/h1-5,12H,6-10H2,(H,19,23)(H,20,22). The zero-order valence-electron chi connectivity index (χ0n) is 12.4. The number of carbonyl (C=O) groups excluding carboxylic acids is 2. The van der Waals surface area contributed by atoms with Gasteiger partial charge in [-0.1, -0.05) is 18.2 Å². The first-order valence-corrected chi connectivity index (χ1v) is 7.30. The first kappa shape index (κ1) is 17.1. The van der Waals surface area contributed by atoms with Gasteiger partial charge in [0.05, 0.1) is 0 Å². The first-order chi connectivity index (χ1) is 10.8. The third-order valence-corrected chi connectivity index (χ3v) is 3.59. The number of benzene rings is 1. The Balaban J connectivity index is 1.75. The van der Waals surface area contributed by atoms with Crippen LogP contribution in [-0.2, 0) is 0 Å². The number of piperidine rings is 1. The van der Waals surface area contributed by atoms with Gasteiger partial charge in [0, 0.05) is 24.7 Å². The van der Waals surface area contributed by atoms with Gasteiger partial charge in [-0.25, -0.2) is 4.79 Å². The van der Waals surface area contributed by atoms with E-state index in [4.69, 9.17) is 0 Å². The van der Waals surface area contributed by atoms with Crippen molar-refractivity contribution in [3.8, 4) is 0 Å². The third-order valence-electron chi connectivity index (χ3n) is 3.59. The van der Waals surface area contributed by atoms with E-state index in [9.17, 15) is 22.8 Å². The first-order valence-electron chi connectivity index (χ1n) is 7.30. The largest absolute Gasteiger partial charge is 0.405 e. The number of amides is 3. The Kier molecular flexibility index (Phi) is 5.46. The molecule has 1 heterocycles. The van der Waals surface area contributed by atoms with Gasteiger partial charge in [-0.3, -0.25) is 4.79 Å². The summed E-state index contributed by atoms with van der Waals surface area (Å²) in [4.78, 5) is 25.0. The molecule has 1 saturated heterocycles. The van der Waals surface area contributed by atoms with Crippen LogP contribution in [0.5, 0.6) is 0 Å². The molecule has 3 amide bonds. The van der Waals surface area contributed by atoms with E-state index in [1.807, 2.05) is 11.4 Å². The molecule has 23 heavy (non-hydrogen) atoms. The van der Waals surface area contributed by atoms with Crippen molar-refractivity contribution in [2.75, 3.05) is 19.6 Å². The summed E-state index contributed by atoms with van der Waals surface area (Å²) in [6.45, 7) is -0.719. The van der Waals surface area contributed by atoms with Crippen LogP contribution in [0.3, 0.4) is 0 Å². The van der Waals surface area contributed by atoms with Crippen LogP contribution >= 0.6 is 0 Å². The van der Waals surface area contributed by atoms with E-state index in [1.165, 1.54) is 4.90 Å². The second kappa shape index (κ2) is 7.34. The molecule has 0 spiro atoms. The normalized spacial score (nSPS) is 16.0. The minimum Gasteiger partial charge on any atom is -0.349 e. The van der Waals surface area contributed by atoms with Crippen LogP contribution in [0.2, 0.25) is 0 Å². The summed E-state index contributed by atoms with van der Waals surface area (Å²) in [5, 5.41) is 4.72. The van der Waals surface area contributed by atoms with Crippen molar-refractivity contribution >= 4 is 11.9 Å². The van der Waals surface area contributed by atoms with Gasteiger partial charge in [-0.15, -0.1) is 0 Å². The van der Waals surface area contributed by atoms with Gasteiger partial charge in [-0.2, -0.15) is 13.2 Å². The highest BCUT2D eigenvalue weighted by atomic mass is 19.4. The van der Waals surface area contributed by atoms with Gasteiger partial charge in [0.15, 0.2) is 0 Å². The number of halogens is 3. The summed E-state index contributed by atoms with van der Waals surface area (Å²) in [6, 6.07) is 7.94. The molecule has 8 heteroatoms. The summed E-state index contributed by atoms with van der Waals surface area (Å²) in [6.07, 6.45) is -3.40. The van der Waals surface area contributed by atoms with Crippen LogP contribution in [0, 0.1) is 0 Å². The molecule has 1 fully saturated rings. The molecule has 5 nitrogen and oxygen atoms in total. The maximum absolute atomic E-state index is 12.1. The molecule has 1 aliphatic rings. The van der Waals surface area contributed by atoms with Crippen LogP contribution in [0.25, 0.3) is 0 Å². The Hall–Kier alpha value is -2.25. The highest BCUT2D eigenvalue weighted by molar-refractivity contribution is 5.94. The summed E-state index contributed by atoms with van der Waals surface area (Å²) in [5.41, 5.74) is 0.554. The average molecular weight is 329 g/mol. The Morgan fingerprint density at radius 2 is 1.74 bits per heavy atom. The number of hydrogen-bond donors (Lipinski definition) is 2. The fourth-order valence-electron chi connectivity index (χ4n) is 2.37. The Morgan fingerprint density at radius 1 is 1.13 bits per heavy atom. The average Bonchev–Trinajstić information content (AvgIpc) is 2.53. The molecule has 0 aromatic heterocycles. The van der Waals surface area contributed by atoms with Crippen molar-refractivity contribution in [2.24, 2.45) is 0 Å². The van der Waals surface area contributed by atoms with Crippen LogP contribution in [-0.4, -0.2) is 48.7 Å². The number of likely N-dealkylation sites (tertiary alicyclic amines) is 1. The molecule has 0 radical (unpaired) electrons. The van der Waals surface area contributed by atoms with Gasteiger partial charge in [-0.05, 0) is 25.0 Å². The Labute approximate surface area is 131 Å². The Bertz CT molecular complexity index is 541. The molecule has 1 aromatic carbocycles. The quantitative estimate of drug-likeness (QED) is 0.893. The van der Waals surface area contributed by atoms with E-state index in [-0.39, 0.29) is 11.9 Å². The van der Waals surface area contributed by atoms with E-state index in [0.717, 1.165) is 0 Å². The fraction of sp³-hybridized carbons (Fsp3) is 0.467. The van der Waals surface area contributed by atoms with E-state index >= 15 is 0 Å².